The number of aryl methyl sites for hydroxylation is 1. The van der Waals surface area contributed by atoms with E-state index in [1.54, 1.807) is 6.07 Å². The van der Waals surface area contributed by atoms with Crippen molar-refractivity contribution in [3.8, 4) is 5.75 Å². The topological polar surface area (TPSA) is 41.6 Å². The van der Waals surface area contributed by atoms with Gasteiger partial charge in [0.05, 0.1) is 12.2 Å². The second-order valence-electron chi connectivity index (χ2n) is 6.34. The quantitative estimate of drug-likeness (QED) is 0.630. The maximum atomic E-state index is 12.8. The standard InChI is InChI=1S/C21H24N2O2S/c1-2-3-15-25-19-13-7-5-11-17(19)20(24)22-21(26)23-14-8-10-16-9-4-6-12-18(16)23/h4-7,9,11-13H,2-3,8,10,14-15H2,1H3,(H,22,24,26). The molecule has 0 saturated carbocycles. The molecule has 0 atom stereocenters. The smallest absolute Gasteiger partial charge is 0.261 e. The van der Waals surface area contributed by atoms with Gasteiger partial charge in [0, 0.05) is 12.2 Å². The molecule has 0 saturated heterocycles. The van der Waals surface area contributed by atoms with Crippen LogP contribution in [0.1, 0.15) is 42.1 Å². The summed E-state index contributed by atoms with van der Waals surface area (Å²) in [6.45, 7) is 3.52. The molecule has 136 valence electrons. The number of anilines is 1. The number of amides is 1. The van der Waals surface area contributed by atoms with Gasteiger partial charge in [0.15, 0.2) is 5.11 Å². The van der Waals surface area contributed by atoms with Gasteiger partial charge in [-0.15, -0.1) is 0 Å². The Labute approximate surface area is 160 Å². The first-order valence-electron chi connectivity index (χ1n) is 9.13. The highest BCUT2D eigenvalue weighted by Crippen LogP contribution is 2.27. The highest BCUT2D eigenvalue weighted by atomic mass is 32.1. The molecule has 1 N–H and O–H groups in total. The van der Waals surface area contributed by atoms with E-state index in [-0.39, 0.29) is 5.91 Å². The summed E-state index contributed by atoms with van der Waals surface area (Å²) in [7, 11) is 0. The summed E-state index contributed by atoms with van der Waals surface area (Å²) in [6, 6.07) is 15.5. The van der Waals surface area contributed by atoms with Crippen molar-refractivity contribution in [2.75, 3.05) is 18.1 Å². The number of thiocarbonyl (C=S) groups is 1. The van der Waals surface area contributed by atoms with Crippen molar-refractivity contribution >= 4 is 28.9 Å². The van der Waals surface area contributed by atoms with E-state index >= 15 is 0 Å². The van der Waals surface area contributed by atoms with Gasteiger partial charge in [-0.05, 0) is 55.2 Å². The van der Waals surface area contributed by atoms with Crippen molar-refractivity contribution in [3.63, 3.8) is 0 Å². The van der Waals surface area contributed by atoms with Crippen LogP contribution in [0.25, 0.3) is 0 Å². The number of benzene rings is 2. The first kappa shape index (κ1) is 18.4. The molecule has 0 unspecified atom stereocenters. The predicted molar refractivity (Wildman–Crippen MR) is 109 cm³/mol. The zero-order valence-corrected chi connectivity index (χ0v) is 15.8. The van der Waals surface area contributed by atoms with E-state index in [0.717, 1.165) is 37.9 Å². The zero-order chi connectivity index (χ0) is 18.4. The van der Waals surface area contributed by atoms with Crippen molar-refractivity contribution in [1.82, 2.24) is 5.32 Å². The monoisotopic (exact) mass is 368 g/mol. The third kappa shape index (κ3) is 4.22. The van der Waals surface area contributed by atoms with Gasteiger partial charge in [-0.25, -0.2) is 0 Å². The third-order valence-electron chi connectivity index (χ3n) is 4.46. The van der Waals surface area contributed by atoms with Crippen LogP contribution in [0.2, 0.25) is 0 Å². The van der Waals surface area contributed by atoms with Gasteiger partial charge < -0.3 is 9.64 Å². The van der Waals surface area contributed by atoms with E-state index in [0.29, 0.717) is 23.0 Å². The van der Waals surface area contributed by atoms with Crippen LogP contribution in [0.3, 0.4) is 0 Å². The van der Waals surface area contributed by atoms with Gasteiger partial charge in [-0.3, -0.25) is 10.1 Å². The van der Waals surface area contributed by atoms with Gasteiger partial charge >= 0.3 is 0 Å². The van der Waals surface area contributed by atoms with Crippen LogP contribution in [-0.4, -0.2) is 24.2 Å². The zero-order valence-electron chi connectivity index (χ0n) is 15.0. The number of rotatable bonds is 5. The molecule has 0 aliphatic carbocycles. The van der Waals surface area contributed by atoms with Crippen LogP contribution in [0, 0.1) is 0 Å². The number of unbranched alkanes of at least 4 members (excludes halogenated alkanes) is 1. The Morgan fingerprint density at radius 3 is 2.81 bits per heavy atom. The minimum atomic E-state index is -0.231. The summed E-state index contributed by atoms with van der Waals surface area (Å²) in [5.74, 6) is 0.366. The average molecular weight is 369 g/mol. The Balaban J connectivity index is 1.72. The minimum Gasteiger partial charge on any atom is -0.493 e. The third-order valence-corrected chi connectivity index (χ3v) is 4.79. The molecule has 0 radical (unpaired) electrons. The molecule has 4 nitrogen and oxygen atoms in total. The van der Waals surface area contributed by atoms with Crippen LogP contribution in [0.5, 0.6) is 5.75 Å². The Morgan fingerprint density at radius 2 is 1.96 bits per heavy atom. The van der Waals surface area contributed by atoms with Gasteiger partial charge in [0.2, 0.25) is 0 Å². The first-order chi connectivity index (χ1) is 12.7. The number of fused-ring (bicyclic) bond motifs is 1. The predicted octanol–water partition coefficient (Wildman–Crippen LogP) is 4.33. The molecule has 0 bridgehead atoms. The summed E-state index contributed by atoms with van der Waals surface area (Å²) >= 11 is 5.53. The minimum absolute atomic E-state index is 0.231. The molecule has 5 heteroatoms. The molecule has 0 fully saturated rings. The lowest BCUT2D eigenvalue weighted by molar-refractivity contribution is 0.0973. The molecule has 1 aliphatic rings. The van der Waals surface area contributed by atoms with Gasteiger partial charge in [-0.1, -0.05) is 43.7 Å². The molecule has 1 amide bonds. The number of hydrogen-bond acceptors (Lipinski definition) is 3. The molecular formula is C21H24N2O2S. The number of carbonyl (C=O) groups excluding carboxylic acids is 1. The summed E-state index contributed by atoms with van der Waals surface area (Å²) in [5, 5.41) is 3.31. The second-order valence-corrected chi connectivity index (χ2v) is 6.73. The maximum absolute atomic E-state index is 12.8. The lowest BCUT2D eigenvalue weighted by atomic mass is 10.0. The Kier molecular flexibility index (Phi) is 6.23. The molecular weight excluding hydrogens is 344 g/mol. The fraction of sp³-hybridized carbons (Fsp3) is 0.333. The number of carbonyl (C=O) groups is 1. The van der Waals surface area contributed by atoms with Crippen LogP contribution in [0.15, 0.2) is 48.5 Å². The number of para-hydroxylation sites is 2. The van der Waals surface area contributed by atoms with Crippen LogP contribution in [0.4, 0.5) is 5.69 Å². The van der Waals surface area contributed by atoms with Crippen molar-refractivity contribution in [2.45, 2.75) is 32.6 Å². The second kappa shape index (κ2) is 8.81. The number of hydrogen-bond donors (Lipinski definition) is 1. The van der Waals surface area contributed by atoms with E-state index in [9.17, 15) is 4.79 Å². The lowest BCUT2D eigenvalue weighted by Gasteiger charge is -2.31. The molecule has 2 aromatic carbocycles. The van der Waals surface area contributed by atoms with Crippen LogP contribution < -0.4 is 15.0 Å². The summed E-state index contributed by atoms with van der Waals surface area (Å²) in [6.07, 6.45) is 4.06. The van der Waals surface area contributed by atoms with Crippen LogP contribution >= 0.6 is 12.2 Å². The summed E-state index contributed by atoms with van der Waals surface area (Å²) < 4.78 is 5.76. The van der Waals surface area contributed by atoms with Crippen LogP contribution in [-0.2, 0) is 6.42 Å². The van der Waals surface area contributed by atoms with E-state index < -0.39 is 0 Å². The highest BCUT2D eigenvalue weighted by Gasteiger charge is 2.22. The van der Waals surface area contributed by atoms with Crippen molar-refractivity contribution in [3.05, 3.63) is 59.7 Å². The number of nitrogens with zero attached hydrogens (tertiary/aromatic N) is 1. The SMILES string of the molecule is CCCCOc1ccccc1C(=O)NC(=S)N1CCCc2ccccc21. The highest BCUT2D eigenvalue weighted by molar-refractivity contribution is 7.80. The largest absolute Gasteiger partial charge is 0.493 e. The molecule has 0 aromatic heterocycles. The Bertz CT molecular complexity index is 791. The lowest BCUT2D eigenvalue weighted by Crippen LogP contribution is -2.45. The first-order valence-corrected chi connectivity index (χ1v) is 9.54. The van der Waals surface area contributed by atoms with Crippen molar-refractivity contribution < 1.29 is 9.53 Å². The van der Waals surface area contributed by atoms with Crippen molar-refractivity contribution in [2.24, 2.45) is 0 Å². The van der Waals surface area contributed by atoms with Gasteiger partial charge in [0.1, 0.15) is 5.75 Å². The fourth-order valence-electron chi connectivity index (χ4n) is 3.08. The van der Waals surface area contributed by atoms with E-state index in [4.69, 9.17) is 17.0 Å². The Hall–Kier alpha value is -2.40. The van der Waals surface area contributed by atoms with Gasteiger partial charge in [0.25, 0.3) is 5.91 Å². The molecule has 0 spiro atoms. The molecule has 1 heterocycles. The summed E-state index contributed by atoms with van der Waals surface area (Å²) in [5.41, 5.74) is 2.85. The van der Waals surface area contributed by atoms with Gasteiger partial charge in [-0.2, -0.15) is 0 Å². The summed E-state index contributed by atoms with van der Waals surface area (Å²) in [4.78, 5) is 14.8. The molecule has 3 rings (SSSR count). The van der Waals surface area contributed by atoms with E-state index in [2.05, 4.69) is 24.4 Å². The number of nitrogens with one attached hydrogen (secondary N) is 1. The molecule has 2 aromatic rings. The molecule has 26 heavy (non-hydrogen) atoms. The normalized spacial score (nSPS) is 13.0. The maximum Gasteiger partial charge on any atom is 0.261 e. The average Bonchev–Trinajstić information content (AvgIpc) is 2.68. The van der Waals surface area contributed by atoms with E-state index in [1.807, 2.05) is 35.2 Å². The van der Waals surface area contributed by atoms with E-state index in [1.165, 1.54) is 5.56 Å². The fourth-order valence-corrected chi connectivity index (χ4v) is 3.37. The number of ether oxygens (including phenoxy) is 1. The van der Waals surface area contributed by atoms with Crippen molar-refractivity contribution in [1.29, 1.82) is 0 Å². The Morgan fingerprint density at radius 1 is 1.19 bits per heavy atom. The molecule has 1 aliphatic heterocycles.